The first-order chi connectivity index (χ1) is 10.3. The fourth-order valence-electron chi connectivity index (χ4n) is 2.19. The molecule has 2 nitrogen and oxygen atoms in total. The first kappa shape index (κ1) is 15.9. The molecular formula is C18H21ClO2. The van der Waals surface area contributed by atoms with Crippen LogP contribution in [0.5, 0.6) is 5.75 Å². The van der Waals surface area contributed by atoms with Crippen LogP contribution in [-0.4, -0.2) is 19.6 Å². The molecule has 3 heteroatoms. The zero-order valence-corrected chi connectivity index (χ0v) is 13.1. The molecule has 0 bridgehead atoms. The van der Waals surface area contributed by atoms with E-state index in [1.165, 1.54) is 0 Å². The van der Waals surface area contributed by atoms with E-state index in [-0.39, 0.29) is 6.10 Å². The lowest BCUT2D eigenvalue weighted by molar-refractivity contribution is 0.0779. The van der Waals surface area contributed by atoms with Crippen molar-refractivity contribution >= 4 is 11.6 Å². The van der Waals surface area contributed by atoms with Crippen LogP contribution in [-0.2, 0) is 4.74 Å². The standard InChI is InChI=1S/C18H21ClO2/c1-20-17-11-9-16(10-12-17)18(21-14-6-5-13-19)15-7-3-2-4-8-15/h2-4,7-12,18H,5-6,13-14H2,1H3. The van der Waals surface area contributed by atoms with E-state index in [0.29, 0.717) is 12.5 Å². The van der Waals surface area contributed by atoms with Crippen molar-refractivity contribution in [2.75, 3.05) is 19.6 Å². The number of benzene rings is 2. The highest BCUT2D eigenvalue weighted by Crippen LogP contribution is 2.27. The summed E-state index contributed by atoms with van der Waals surface area (Å²) in [5.41, 5.74) is 2.29. The second-order valence-corrected chi connectivity index (χ2v) is 5.21. The van der Waals surface area contributed by atoms with Crippen LogP contribution in [0.2, 0.25) is 0 Å². The third kappa shape index (κ3) is 4.76. The van der Waals surface area contributed by atoms with Crippen LogP contribution in [0.15, 0.2) is 54.6 Å². The third-order valence-corrected chi connectivity index (χ3v) is 3.60. The molecule has 0 heterocycles. The van der Waals surface area contributed by atoms with Gasteiger partial charge in [-0.2, -0.15) is 0 Å². The summed E-state index contributed by atoms with van der Waals surface area (Å²) in [7, 11) is 1.67. The summed E-state index contributed by atoms with van der Waals surface area (Å²) in [5, 5.41) is 0. The molecule has 1 atom stereocenters. The molecule has 2 rings (SSSR count). The van der Waals surface area contributed by atoms with Gasteiger partial charge in [-0.25, -0.2) is 0 Å². The summed E-state index contributed by atoms with van der Waals surface area (Å²) in [6, 6.07) is 18.3. The Morgan fingerprint density at radius 3 is 2.19 bits per heavy atom. The van der Waals surface area contributed by atoms with Crippen molar-refractivity contribution in [3.8, 4) is 5.75 Å². The maximum Gasteiger partial charge on any atom is 0.118 e. The summed E-state index contributed by atoms with van der Waals surface area (Å²) < 4.78 is 11.3. The second kappa shape index (κ2) is 8.71. The lowest BCUT2D eigenvalue weighted by Gasteiger charge is -2.19. The SMILES string of the molecule is COc1ccc(C(OCCCCCl)c2ccccc2)cc1. The molecule has 0 amide bonds. The molecule has 1 unspecified atom stereocenters. The number of unbranched alkanes of at least 4 members (excludes halogenated alkanes) is 1. The van der Waals surface area contributed by atoms with E-state index >= 15 is 0 Å². The van der Waals surface area contributed by atoms with E-state index < -0.39 is 0 Å². The van der Waals surface area contributed by atoms with Crippen molar-refractivity contribution < 1.29 is 9.47 Å². The minimum Gasteiger partial charge on any atom is -0.497 e. The second-order valence-electron chi connectivity index (χ2n) is 4.83. The van der Waals surface area contributed by atoms with E-state index in [1.54, 1.807) is 7.11 Å². The monoisotopic (exact) mass is 304 g/mol. The minimum absolute atomic E-state index is 0.0487. The molecular weight excluding hydrogens is 284 g/mol. The van der Waals surface area contributed by atoms with Crippen molar-refractivity contribution in [3.63, 3.8) is 0 Å². The quantitative estimate of drug-likeness (QED) is 0.514. The Hall–Kier alpha value is -1.51. The molecule has 2 aromatic carbocycles. The molecule has 0 saturated carbocycles. The smallest absolute Gasteiger partial charge is 0.118 e. The molecule has 0 aliphatic heterocycles. The zero-order valence-electron chi connectivity index (χ0n) is 12.3. The summed E-state index contributed by atoms with van der Waals surface area (Å²) in [5.74, 6) is 1.54. The molecule has 0 radical (unpaired) electrons. The fraction of sp³-hybridized carbons (Fsp3) is 0.333. The van der Waals surface area contributed by atoms with Gasteiger partial charge in [0.25, 0.3) is 0 Å². The van der Waals surface area contributed by atoms with Crippen LogP contribution in [0.3, 0.4) is 0 Å². The van der Waals surface area contributed by atoms with Crippen LogP contribution in [0.25, 0.3) is 0 Å². The summed E-state index contributed by atoms with van der Waals surface area (Å²) in [6.07, 6.45) is 1.90. The van der Waals surface area contributed by atoms with Gasteiger partial charge in [0.05, 0.1) is 7.11 Å². The van der Waals surface area contributed by atoms with Gasteiger partial charge in [0.15, 0.2) is 0 Å². The van der Waals surface area contributed by atoms with Gasteiger partial charge < -0.3 is 9.47 Å². The Morgan fingerprint density at radius 1 is 0.905 bits per heavy atom. The molecule has 0 aliphatic carbocycles. The van der Waals surface area contributed by atoms with E-state index in [9.17, 15) is 0 Å². The Labute approximate surface area is 131 Å². The van der Waals surface area contributed by atoms with E-state index in [1.807, 2.05) is 30.3 Å². The van der Waals surface area contributed by atoms with Crippen molar-refractivity contribution in [1.29, 1.82) is 0 Å². The van der Waals surface area contributed by atoms with E-state index in [0.717, 1.165) is 29.7 Å². The van der Waals surface area contributed by atoms with Gasteiger partial charge in [0.2, 0.25) is 0 Å². The summed E-state index contributed by atoms with van der Waals surface area (Å²) >= 11 is 5.71. The van der Waals surface area contributed by atoms with Crippen molar-refractivity contribution in [3.05, 3.63) is 65.7 Å². The summed E-state index contributed by atoms with van der Waals surface area (Å²) in [4.78, 5) is 0. The van der Waals surface area contributed by atoms with Crippen LogP contribution in [0.1, 0.15) is 30.1 Å². The summed E-state index contributed by atoms with van der Waals surface area (Å²) in [6.45, 7) is 0.707. The normalized spacial score (nSPS) is 12.1. The largest absolute Gasteiger partial charge is 0.497 e. The van der Waals surface area contributed by atoms with Crippen LogP contribution >= 0.6 is 11.6 Å². The molecule has 0 saturated heterocycles. The van der Waals surface area contributed by atoms with Crippen LogP contribution in [0, 0.1) is 0 Å². The Bertz CT molecular complexity index is 511. The highest BCUT2D eigenvalue weighted by Gasteiger charge is 2.14. The molecule has 0 spiro atoms. The van der Waals surface area contributed by atoms with Crippen LogP contribution < -0.4 is 4.74 Å². The molecule has 0 N–H and O–H groups in total. The molecule has 2 aromatic rings. The van der Waals surface area contributed by atoms with Crippen LogP contribution in [0.4, 0.5) is 0 Å². The lowest BCUT2D eigenvalue weighted by atomic mass is 10.0. The predicted octanol–water partition coefficient (Wildman–Crippen LogP) is 4.82. The molecule has 0 aliphatic rings. The van der Waals surface area contributed by atoms with Crippen molar-refractivity contribution in [2.24, 2.45) is 0 Å². The topological polar surface area (TPSA) is 18.5 Å². The van der Waals surface area contributed by atoms with E-state index in [2.05, 4.69) is 24.3 Å². The molecule has 112 valence electrons. The predicted molar refractivity (Wildman–Crippen MR) is 87.2 cm³/mol. The number of hydrogen-bond donors (Lipinski definition) is 0. The van der Waals surface area contributed by atoms with Crippen molar-refractivity contribution in [2.45, 2.75) is 18.9 Å². The number of halogens is 1. The average Bonchev–Trinajstić information content (AvgIpc) is 2.56. The number of methoxy groups -OCH3 is 1. The van der Waals surface area contributed by atoms with Gasteiger partial charge in [0, 0.05) is 12.5 Å². The lowest BCUT2D eigenvalue weighted by Crippen LogP contribution is -2.07. The maximum absolute atomic E-state index is 6.09. The average molecular weight is 305 g/mol. The van der Waals surface area contributed by atoms with Gasteiger partial charge in [-0.15, -0.1) is 11.6 Å². The zero-order chi connectivity index (χ0) is 14.9. The maximum atomic E-state index is 6.09. The number of ether oxygens (including phenoxy) is 2. The van der Waals surface area contributed by atoms with Crippen molar-refractivity contribution in [1.82, 2.24) is 0 Å². The highest BCUT2D eigenvalue weighted by atomic mass is 35.5. The molecule has 0 fully saturated rings. The third-order valence-electron chi connectivity index (χ3n) is 3.33. The van der Waals surface area contributed by atoms with Gasteiger partial charge in [-0.1, -0.05) is 42.5 Å². The first-order valence-corrected chi connectivity index (χ1v) is 7.75. The Kier molecular flexibility index (Phi) is 6.58. The molecule has 21 heavy (non-hydrogen) atoms. The fourth-order valence-corrected chi connectivity index (χ4v) is 2.38. The van der Waals surface area contributed by atoms with Gasteiger partial charge in [-0.3, -0.25) is 0 Å². The molecule has 0 aromatic heterocycles. The number of alkyl halides is 1. The Morgan fingerprint density at radius 2 is 1.57 bits per heavy atom. The van der Waals surface area contributed by atoms with Gasteiger partial charge >= 0.3 is 0 Å². The van der Waals surface area contributed by atoms with Gasteiger partial charge in [0.1, 0.15) is 11.9 Å². The Balaban J connectivity index is 2.14. The van der Waals surface area contributed by atoms with Gasteiger partial charge in [-0.05, 0) is 36.1 Å². The first-order valence-electron chi connectivity index (χ1n) is 7.21. The highest BCUT2D eigenvalue weighted by molar-refractivity contribution is 6.17. The minimum atomic E-state index is -0.0487. The number of rotatable bonds is 8. The van der Waals surface area contributed by atoms with E-state index in [4.69, 9.17) is 21.1 Å². The number of hydrogen-bond acceptors (Lipinski definition) is 2.